The number of rotatable bonds is 8. The molecule has 5 aromatic carbocycles. The zero-order valence-electron chi connectivity index (χ0n) is 41.3. The van der Waals surface area contributed by atoms with Gasteiger partial charge >= 0.3 is 0 Å². The number of carbonyl (C=O) groups is 2. The number of benzene rings is 5. The second-order valence-corrected chi connectivity index (χ2v) is 19.7. The number of fused-ring (bicyclic) bond motifs is 4. The van der Waals surface area contributed by atoms with Gasteiger partial charge in [-0.05, 0) is 70.4 Å². The Morgan fingerprint density at radius 2 is 0.972 bits per heavy atom. The summed E-state index contributed by atoms with van der Waals surface area (Å²) in [5.41, 5.74) is 9.94. The molecule has 0 aliphatic rings. The SMILES string of the molecule is Cl.Cn1ncc2c(-c3cnc4[nH]cc(C(=O)NC(C)(C)C)c4n3)cccc21.Cn1ncc2c(-c3cnc4c(n3)c(C(=O)NC(C)(C)C)cn4C(c3ccccc3)(c3ccccc3)c3ccccc3)cccc21. The fourth-order valence-corrected chi connectivity index (χ4v) is 9.31. The van der Waals surface area contributed by atoms with Gasteiger partial charge in [-0.2, -0.15) is 10.2 Å². The van der Waals surface area contributed by atoms with E-state index in [1.54, 1.807) is 18.6 Å². The lowest BCUT2D eigenvalue weighted by Gasteiger charge is -2.38. The Labute approximate surface area is 423 Å². The molecule has 11 rings (SSSR count). The molecule has 362 valence electrons. The minimum atomic E-state index is -0.859. The second-order valence-electron chi connectivity index (χ2n) is 19.7. The summed E-state index contributed by atoms with van der Waals surface area (Å²) in [5, 5.41) is 16.9. The molecular formula is C57H55ClN12O2. The van der Waals surface area contributed by atoms with Crippen LogP contribution in [0.15, 0.2) is 165 Å². The molecule has 0 fully saturated rings. The molecule has 2 amide bonds. The van der Waals surface area contributed by atoms with Crippen molar-refractivity contribution in [3.05, 3.63) is 192 Å². The molecule has 6 heterocycles. The summed E-state index contributed by atoms with van der Waals surface area (Å²) in [5.74, 6) is -0.379. The van der Waals surface area contributed by atoms with Crippen LogP contribution in [0.25, 0.3) is 66.6 Å². The fraction of sp³-hybridized carbons (Fsp3) is 0.193. The number of hydrogen-bond acceptors (Lipinski definition) is 8. The van der Waals surface area contributed by atoms with Gasteiger partial charge in [-0.1, -0.05) is 115 Å². The van der Waals surface area contributed by atoms with E-state index in [1.807, 2.05) is 175 Å². The molecule has 0 spiro atoms. The lowest BCUT2D eigenvalue weighted by Crippen LogP contribution is -2.40. The van der Waals surface area contributed by atoms with Crippen LogP contribution in [0.2, 0.25) is 0 Å². The molecule has 15 heteroatoms. The first-order chi connectivity index (χ1) is 34.1. The third kappa shape index (κ3) is 8.96. The van der Waals surface area contributed by atoms with E-state index in [1.165, 1.54) is 0 Å². The maximum Gasteiger partial charge on any atom is 0.255 e. The molecule has 6 aromatic heterocycles. The van der Waals surface area contributed by atoms with Crippen LogP contribution in [-0.2, 0) is 19.6 Å². The van der Waals surface area contributed by atoms with E-state index in [9.17, 15) is 9.59 Å². The minimum absolute atomic E-state index is 0. The quantitative estimate of drug-likeness (QED) is 0.127. The van der Waals surface area contributed by atoms with E-state index in [4.69, 9.17) is 15.0 Å². The largest absolute Gasteiger partial charge is 0.347 e. The number of amides is 2. The van der Waals surface area contributed by atoms with Crippen molar-refractivity contribution in [3.63, 3.8) is 0 Å². The van der Waals surface area contributed by atoms with Gasteiger partial charge in [0.25, 0.3) is 11.8 Å². The van der Waals surface area contributed by atoms with Crippen molar-refractivity contribution in [3.8, 4) is 22.5 Å². The summed E-state index contributed by atoms with van der Waals surface area (Å²) in [6.45, 7) is 11.8. The Kier molecular flexibility index (Phi) is 12.8. The van der Waals surface area contributed by atoms with Crippen LogP contribution in [-0.4, -0.2) is 71.9 Å². The Morgan fingerprint density at radius 1 is 0.528 bits per heavy atom. The molecule has 0 atom stereocenters. The second kappa shape index (κ2) is 19.0. The number of carbonyl (C=O) groups excluding carboxylic acids is 2. The van der Waals surface area contributed by atoms with Crippen molar-refractivity contribution >= 4 is 68.4 Å². The molecular weight excluding hydrogens is 920 g/mol. The van der Waals surface area contributed by atoms with Crippen LogP contribution in [0, 0.1) is 0 Å². The third-order valence-corrected chi connectivity index (χ3v) is 12.4. The Morgan fingerprint density at radius 3 is 1.44 bits per heavy atom. The van der Waals surface area contributed by atoms with E-state index in [0.29, 0.717) is 44.8 Å². The predicted molar refractivity (Wildman–Crippen MR) is 287 cm³/mol. The van der Waals surface area contributed by atoms with Crippen LogP contribution < -0.4 is 10.6 Å². The number of nitrogens with zero attached hydrogens (tertiary/aromatic N) is 9. The lowest BCUT2D eigenvalue weighted by atomic mass is 9.76. The van der Waals surface area contributed by atoms with Crippen LogP contribution >= 0.6 is 12.4 Å². The van der Waals surface area contributed by atoms with Crippen LogP contribution in [0.4, 0.5) is 0 Å². The highest BCUT2D eigenvalue weighted by Gasteiger charge is 2.41. The lowest BCUT2D eigenvalue weighted by molar-refractivity contribution is 0.0911. The molecule has 0 saturated carbocycles. The van der Waals surface area contributed by atoms with Crippen LogP contribution in [0.3, 0.4) is 0 Å². The molecule has 14 nitrogen and oxygen atoms in total. The number of aromatic nitrogens is 10. The summed E-state index contributed by atoms with van der Waals surface area (Å²) < 4.78 is 5.79. The topological polar surface area (TPSA) is 166 Å². The average molecular weight is 976 g/mol. The van der Waals surface area contributed by atoms with Gasteiger partial charge < -0.3 is 20.2 Å². The molecule has 11 aromatic rings. The third-order valence-electron chi connectivity index (χ3n) is 12.4. The molecule has 0 saturated heterocycles. The van der Waals surface area contributed by atoms with E-state index in [-0.39, 0.29) is 29.8 Å². The normalized spacial score (nSPS) is 11.9. The zero-order valence-corrected chi connectivity index (χ0v) is 42.2. The summed E-state index contributed by atoms with van der Waals surface area (Å²) in [4.78, 5) is 49.2. The van der Waals surface area contributed by atoms with Crippen molar-refractivity contribution in [2.75, 3.05) is 0 Å². The molecule has 0 aliphatic heterocycles. The van der Waals surface area contributed by atoms with E-state index in [2.05, 4.69) is 71.8 Å². The van der Waals surface area contributed by atoms with Gasteiger partial charge in [-0.15, -0.1) is 12.4 Å². The number of H-pyrrole nitrogens is 1. The van der Waals surface area contributed by atoms with E-state index < -0.39 is 11.1 Å². The molecule has 0 radical (unpaired) electrons. The number of hydrogen-bond donors (Lipinski definition) is 3. The molecule has 3 N–H and O–H groups in total. The van der Waals surface area contributed by atoms with Gasteiger partial charge in [-0.25, -0.2) is 19.9 Å². The summed E-state index contributed by atoms with van der Waals surface area (Å²) in [7, 11) is 3.83. The van der Waals surface area contributed by atoms with Crippen LogP contribution in [0.5, 0.6) is 0 Å². The Bertz CT molecular complexity index is 3650. The molecule has 0 unspecified atom stereocenters. The van der Waals surface area contributed by atoms with Gasteiger partial charge in [0.15, 0.2) is 11.3 Å². The fourth-order valence-electron chi connectivity index (χ4n) is 9.31. The van der Waals surface area contributed by atoms with E-state index >= 15 is 0 Å². The van der Waals surface area contributed by atoms with Crippen molar-refractivity contribution in [2.45, 2.75) is 58.2 Å². The van der Waals surface area contributed by atoms with Crippen molar-refractivity contribution in [2.24, 2.45) is 14.1 Å². The molecule has 72 heavy (non-hydrogen) atoms. The number of aryl methyl sites for hydroxylation is 2. The number of aromatic amines is 1. The van der Waals surface area contributed by atoms with Crippen molar-refractivity contribution in [1.82, 2.24) is 59.7 Å². The first-order valence-electron chi connectivity index (χ1n) is 23.5. The predicted octanol–water partition coefficient (Wildman–Crippen LogP) is 10.8. The van der Waals surface area contributed by atoms with Crippen LogP contribution in [0.1, 0.15) is 78.9 Å². The summed E-state index contributed by atoms with van der Waals surface area (Å²) >= 11 is 0. The summed E-state index contributed by atoms with van der Waals surface area (Å²) in [6, 6.07) is 43.1. The first kappa shape index (κ1) is 48.5. The summed E-state index contributed by atoms with van der Waals surface area (Å²) in [6.07, 6.45) is 10.8. The van der Waals surface area contributed by atoms with Gasteiger partial charge in [-0.3, -0.25) is 19.0 Å². The molecule has 0 aliphatic carbocycles. The van der Waals surface area contributed by atoms with Gasteiger partial charge in [0.2, 0.25) is 0 Å². The van der Waals surface area contributed by atoms with E-state index in [0.717, 1.165) is 49.6 Å². The maximum atomic E-state index is 14.1. The minimum Gasteiger partial charge on any atom is -0.347 e. The highest BCUT2D eigenvalue weighted by atomic mass is 35.5. The zero-order chi connectivity index (χ0) is 49.7. The smallest absolute Gasteiger partial charge is 0.255 e. The highest BCUT2D eigenvalue weighted by Crippen LogP contribution is 2.44. The van der Waals surface area contributed by atoms with Gasteiger partial charge in [0, 0.05) is 59.5 Å². The standard InChI is InChI=1S/C38H34N6O.C19H20N6O.ClH/c1-37(2,3)42-36(45)31-25-44(35-34(31)41-32(24-39-35)29-21-14-22-33-30(29)23-40-43(33)4)38(26-15-8-5-9-16-26,27-17-10-6-11-18-27)28-19-12-7-13-20-28;1-19(2,3)24-18(26)13-8-20-17-16(13)23-14(10-21-17)11-6-5-7-15-12(11)9-22-25(15)4;/h5-25H,1-4H3,(H,42,45);5-10H,1-4H3,(H,20,21)(H,24,26);1H. The number of halogens is 1. The maximum absolute atomic E-state index is 14.1. The van der Waals surface area contributed by atoms with Crippen molar-refractivity contribution in [1.29, 1.82) is 0 Å². The van der Waals surface area contributed by atoms with Gasteiger partial charge in [0.05, 0.1) is 58.3 Å². The highest BCUT2D eigenvalue weighted by molar-refractivity contribution is 6.07. The number of nitrogens with one attached hydrogen (secondary N) is 3. The molecule has 0 bridgehead atoms. The monoisotopic (exact) mass is 974 g/mol. The average Bonchev–Trinajstić information content (AvgIpc) is 4.16. The first-order valence-corrected chi connectivity index (χ1v) is 23.5. The van der Waals surface area contributed by atoms with Gasteiger partial charge in [0.1, 0.15) is 16.6 Å². The van der Waals surface area contributed by atoms with Crippen molar-refractivity contribution < 1.29 is 9.59 Å². The Hall–Kier alpha value is -8.49. The Balaban J connectivity index is 0.000000202.